The molecule has 0 N–H and O–H groups in total. The summed E-state index contributed by atoms with van der Waals surface area (Å²) in [4.78, 5) is 24.9. The number of rotatable bonds is 2. The van der Waals surface area contributed by atoms with Gasteiger partial charge in [-0.05, 0) is 13.3 Å². The van der Waals surface area contributed by atoms with Crippen molar-refractivity contribution in [2.45, 2.75) is 44.2 Å². The molecule has 1 heterocycles. The van der Waals surface area contributed by atoms with Crippen LogP contribution >= 0.6 is 0 Å². The summed E-state index contributed by atoms with van der Waals surface area (Å²) in [5, 5.41) is 0. The van der Waals surface area contributed by atoms with E-state index in [4.69, 9.17) is 4.74 Å². The number of nitrogens with zero attached hydrogens (tertiary/aromatic N) is 1. The van der Waals surface area contributed by atoms with Gasteiger partial charge in [0.15, 0.2) is 0 Å². The summed E-state index contributed by atoms with van der Waals surface area (Å²) in [7, 11) is 1.62. The van der Waals surface area contributed by atoms with Crippen molar-refractivity contribution >= 4 is 11.7 Å². The minimum atomic E-state index is -0.475. The van der Waals surface area contributed by atoms with Crippen LogP contribution in [0, 0.1) is 0 Å². The van der Waals surface area contributed by atoms with Crippen molar-refractivity contribution in [2.75, 3.05) is 13.7 Å². The maximum absolute atomic E-state index is 11.6. The average Bonchev–Trinajstić information content (AvgIpc) is 2.71. The fourth-order valence-electron chi connectivity index (χ4n) is 2.66. The van der Waals surface area contributed by atoms with Crippen molar-refractivity contribution in [1.29, 1.82) is 0 Å². The predicted octanol–water partition coefficient (Wildman–Crippen LogP) is 0.745. The van der Waals surface area contributed by atoms with E-state index in [9.17, 15) is 9.59 Å². The van der Waals surface area contributed by atoms with Crippen LogP contribution in [0.4, 0.5) is 0 Å². The molecule has 84 valence electrons. The van der Waals surface area contributed by atoms with Crippen LogP contribution in [0.15, 0.2) is 0 Å². The highest BCUT2D eigenvalue weighted by atomic mass is 16.5. The zero-order chi connectivity index (χ0) is 11.1. The van der Waals surface area contributed by atoms with Crippen molar-refractivity contribution in [1.82, 2.24) is 4.90 Å². The molecule has 4 heteroatoms. The molecule has 4 nitrogen and oxygen atoms in total. The van der Waals surface area contributed by atoms with Crippen LogP contribution in [0.25, 0.3) is 0 Å². The Morgan fingerprint density at radius 2 is 2.20 bits per heavy atom. The van der Waals surface area contributed by atoms with Gasteiger partial charge in [0.1, 0.15) is 5.78 Å². The first-order valence-corrected chi connectivity index (χ1v) is 5.43. The normalized spacial score (nSPS) is 36.7. The summed E-state index contributed by atoms with van der Waals surface area (Å²) in [6, 6.07) is -0.0509. The molecule has 2 rings (SSSR count). The second kappa shape index (κ2) is 3.59. The number of carbonyl (C=O) groups excluding carboxylic acids is 2. The van der Waals surface area contributed by atoms with E-state index >= 15 is 0 Å². The second-order valence-corrected chi connectivity index (χ2v) is 4.64. The summed E-state index contributed by atoms with van der Waals surface area (Å²) in [5.41, 5.74) is -0.475. The van der Waals surface area contributed by atoms with Gasteiger partial charge >= 0.3 is 0 Å². The molecule has 1 amide bonds. The Morgan fingerprint density at radius 3 is 2.73 bits per heavy atom. The number of ether oxygens (including phenoxy) is 1. The fraction of sp³-hybridized carbons (Fsp3) is 0.818. The maximum Gasteiger partial charge on any atom is 0.222 e. The van der Waals surface area contributed by atoms with Crippen LogP contribution in [0.3, 0.4) is 0 Å². The smallest absolute Gasteiger partial charge is 0.222 e. The first-order chi connectivity index (χ1) is 7.07. The van der Waals surface area contributed by atoms with Gasteiger partial charge in [-0.2, -0.15) is 0 Å². The SMILES string of the molecule is CO[C@@]1(C)CC(=O)C[C@@H]1N1CCCC1=O. The number of methoxy groups -OCH3 is 1. The average molecular weight is 211 g/mol. The van der Waals surface area contributed by atoms with Gasteiger partial charge in [0.25, 0.3) is 0 Å². The molecule has 0 spiro atoms. The van der Waals surface area contributed by atoms with E-state index in [1.807, 2.05) is 11.8 Å². The number of amides is 1. The second-order valence-electron chi connectivity index (χ2n) is 4.64. The van der Waals surface area contributed by atoms with E-state index in [1.165, 1.54) is 0 Å². The Hall–Kier alpha value is -0.900. The predicted molar refractivity (Wildman–Crippen MR) is 54.4 cm³/mol. The van der Waals surface area contributed by atoms with Crippen LogP contribution in [0.2, 0.25) is 0 Å². The lowest BCUT2D eigenvalue weighted by Gasteiger charge is -2.35. The number of Topliss-reactive ketones (excluding diaryl/α,β-unsaturated/α-hetero) is 1. The molecule has 15 heavy (non-hydrogen) atoms. The van der Waals surface area contributed by atoms with Gasteiger partial charge in [-0.3, -0.25) is 9.59 Å². The number of carbonyl (C=O) groups is 2. The van der Waals surface area contributed by atoms with Gasteiger partial charge in [-0.1, -0.05) is 0 Å². The van der Waals surface area contributed by atoms with Crippen molar-refractivity contribution in [2.24, 2.45) is 0 Å². The number of hydrogen-bond acceptors (Lipinski definition) is 3. The third kappa shape index (κ3) is 1.67. The zero-order valence-electron chi connectivity index (χ0n) is 9.28. The van der Waals surface area contributed by atoms with Crippen molar-refractivity contribution in [3.8, 4) is 0 Å². The molecule has 0 bridgehead atoms. The Bertz CT molecular complexity index is 302. The fourth-order valence-corrected chi connectivity index (χ4v) is 2.66. The maximum atomic E-state index is 11.6. The lowest BCUT2D eigenvalue weighted by molar-refractivity contribution is -0.135. The van der Waals surface area contributed by atoms with E-state index in [-0.39, 0.29) is 17.7 Å². The van der Waals surface area contributed by atoms with Gasteiger partial charge in [-0.25, -0.2) is 0 Å². The topological polar surface area (TPSA) is 46.6 Å². The Kier molecular flexibility index (Phi) is 2.54. The van der Waals surface area contributed by atoms with Gasteiger partial charge in [0.05, 0.1) is 11.6 Å². The van der Waals surface area contributed by atoms with Gasteiger partial charge < -0.3 is 9.64 Å². The molecular weight excluding hydrogens is 194 g/mol. The molecule has 1 aliphatic heterocycles. The van der Waals surface area contributed by atoms with E-state index < -0.39 is 5.60 Å². The molecule has 2 atom stereocenters. The van der Waals surface area contributed by atoms with Crippen LogP contribution in [-0.2, 0) is 14.3 Å². The van der Waals surface area contributed by atoms with Gasteiger partial charge in [-0.15, -0.1) is 0 Å². The lowest BCUT2D eigenvalue weighted by atomic mass is 9.99. The Balaban J connectivity index is 2.20. The van der Waals surface area contributed by atoms with Crippen LogP contribution in [0.5, 0.6) is 0 Å². The number of likely N-dealkylation sites (tertiary alicyclic amines) is 1. The highest BCUT2D eigenvalue weighted by Gasteiger charge is 2.48. The van der Waals surface area contributed by atoms with E-state index in [2.05, 4.69) is 0 Å². The summed E-state index contributed by atoms with van der Waals surface area (Å²) in [6.07, 6.45) is 2.40. The summed E-state index contributed by atoms with van der Waals surface area (Å²) in [5.74, 6) is 0.363. The zero-order valence-corrected chi connectivity index (χ0v) is 9.28. The summed E-state index contributed by atoms with van der Waals surface area (Å²) in [6.45, 7) is 2.70. The van der Waals surface area contributed by atoms with Crippen LogP contribution in [-0.4, -0.2) is 41.9 Å². The van der Waals surface area contributed by atoms with E-state index in [1.54, 1.807) is 7.11 Å². The molecule has 1 aliphatic carbocycles. The van der Waals surface area contributed by atoms with Gasteiger partial charge in [0.2, 0.25) is 5.91 Å². The molecule has 0 unspecified atom stereocenters. The molecule has 0 aromatic carbocycles. The third-order valence-electron chi connectivity index (χ3n) is 3.63. The molecule has 1 saturated heterocycles. The highest BCUT2D eigenvalue weighted by Crippen LogP contribution is 2.35. The minimum Gasteiger partial charge on any atom is -0.376 e. The molecule has 0 aromatic heterocycles. The largest absolute Gasteiger partial charge is 0.376 e. The molecule has 1 saturated carbocycles. The molecule has 2 fully saturated rings. The van der Waals surface area contributed by atoms with Crippen molar-refractivity contribution < 1.29 is 14.3 Å². The molecular formula is C11H17NO3. The quantitative estimate of drug-likeness (QED) is 0.677. The lowest BCUT2D eigenvalue weighted by Crippen LogP contribution is -2.49. The molecule has 0 aromatic rings. The van der Waals surface area contributed by atoms with Crippen molar-refractivity contribution in [3.05, 3.63) is 0 Å². The van der Waals surface area contributed by atoms with Crippen LogP contribution in [0.1, 0.15) is 32.6 Å². The first kappa shape index (κ1) is 10.6. The van der Waals surface area contributed by atoms with E-state index in [0.29, 0.717) is 19.3 Å². The first-order valence-electron chi connectivity index (χ1n) is 5.43. The molecule has 2 aliphatic rings. The number of hydrogen-bond donors (Lipinski definition) is 0. The minimum absolute atomic E-state index is 0.0509. The summed E-state index contributed by atoms with van der Waals surface area (Å²) >= 11 is 0. The monoisotopic (exact) mass is 211 g/mol. The van der Waals surface area contributed by atoms with E-state index in [0.717, 1.165) is 13.0 Å². The number of ketones is 1. The third-order valence-corrected chi connectivity index (χ3v) is 3.63. The Labute approximate surface area is 89.6 Å². The molecule has 0 radical (unpaired) electrons. The van der Waals surface area contributed by atoms with Gasteiger partial charge in [0, 0.05) is 32.9 Å². The Morgan fingerprint density at radius 1 is 1.47 bits per heavy atom. The standard InChI is InChI=1S/C11H17NO3/c1-11(15-2)7-8(13)6-9(11)12-5-3-4-10(12)14/h9H,3-7H2,1-2H3/t9-,11-/m0/s1. The highest BCUT2D eigenvalue weighted by molar-refractivity contribution is 5.86. The van der Waals surface area contributed by atoms with Crippen molar-refractivity contribution in [3.63, 3.8) is 0 Å². The van der Waals surface area contributed by atoms with Crippen LogP contribution < -0.4 is 0 Å². The summed E-state index contributed by atoms with van der Waals surface area (Å²) < 4.78 is 5.43.